The molecule has 0 unspecified atom stereocenters. The number of H-pyrrole nitrogens is 1. The lowest BCUT2D eigenvalue weighted by molar-refractivity contribution is -0.152. The maximum atomic E-state index is 15.6. The number of halogens is 3. The number of aromatic nitrogens is 3. The lowest BCUT2D eigenvalue weighted by Gasteiger charge is -2.39. The summed E-state index contributed by atoms with van der Waals surface area (Å²) in [7, 11) is 0. The molecule has 1 saturated heterocycles. The number of aliphatic carboxylic acids is 1. The van der Waals surface area contributed by atoms with Gasteiger partial charge in [-0.3, -0.25) is 14.8 Å². The number of nitrogens with zero attached hydrogens (tertiary/aromatic N) is 3. The lowest BCUT2D eigenvalue weighted by Crippen LogP contribution is -2.45. The molecule has 1 fully saturated rings. The maximum absolute atomic E-state index is 15.6. The molecule has 198 valence electrons. The second kappa shape index (κ2) is 10.4. The fraction of sp³-hybridized carbons (Fsp3) is 0.423. The fourth-order valence-electron chi connectivity index (χ4n) is 4.66. The predicted molar refractivity (Wildman–Crippen MR) is 136 cm³/mol. The number of piperidine rings is 1. The Hall–Kier alpha value is -3.08. The average Bonchev–Trinajstić information content (AvgIpc) is 3.23. The standard InChI is InChI=1S/C26H30ClF2N5O3/c1-15-11-21(33-32-15)31-20-12-17(25(2,3)37)23(29)19(30-20)13-26(24(35)36)7-9-34(10-8-26)14-16-5-4-6-18(27)22(16)28/h4-6,11-12,37H,7-10,13-14H2,1-3H3,(H,35,36)(H2,30,31,32,33). The third-order valence-electron chi connectivity index (χ3n) is 6.85. The van der Waals surface area contributed by atoms with Crippen LogP contribution >= 0.6 is 11.6 Å². The van der Waals surface area contributed by atoms with Gasteiger partial charge in [0.2, 0.25) is 0 Å². The number of hydrogen-bond donors (Lipinski definition) is 4. The zero-order valence-corrected chi connectivity index (χ0v) is 21.7. The molecule has 1 aliphatic rings. The Morgan fingerprint density at radius 3 is 2.51 bits per heavy atom. The van der Waals surface area contributed by atoms with E-state index in [2.05, 4.69) is 20.5 Å². The number of aromatic amines is 1. The summed E-state index contributed by atoms with van der Waals surface area (Å²) in [4.78, 5) is 18.8. The minimum Gasteiger partial charge on any atom is -0.481 e. The molecule has 0 aliphatic carbocycles. The lowest BCUT2D eigenvalue weighted by atomic mass is 9.74. The van der Waals surface area contributed by atoms with Crippen LogP contribution in [0.15, 0.2) is 30.3 Å². The smallest absolute Gasteiger partial charge is 0.310 e. The van der Waals surface area contributed by atoms with Crippen LogP contribution < -0.4 is 5.32 Å². The number of carboxylic acid groups (broad SMARTS) is 1. The summed E-state index contributed by atoms with van der Waals surface area (Å²) in [5.74, 6) is -1.57. The van der Waals surface area contributed by atoms with Gasteiger partial charge in [-0.15, -0.1) is 0 Å². The summed E-state index contributed by atoms with van der Waals surface area (Å²) in [5, 5.41) is 30.7. The minimum atomic E-state index is -1.53. The number of carbonyl (C=O) groups is 1. The van der Waals surface area contributed by atoms with Crippen LogP contribution in [-0.2, 0) is 23.4 Å². The van der Waals surface area contributed by atoms with Gasteiger partial charge in [0, 0.05) is 35.9 Å². The van der Waals surface area contributed by atoms with E-state index in [1.54, 1.807) is 18.2 Å². The molecule has 0 spiro atoms. The van der Waals surface area contributed by atoms with Crippen molar-refractivity contribution in [2.75, 3.05) is 18.4 Å². The summed E-state index contributed by atoms with van der Waals surface area (Å²) in [6.07, 6.45) is 0.283. The average molecular weight is 534 g/mol. The van der Waals surface area contributed by atoms with Gasteiger partial charge in [0.1, 0.15) is 11.6 Å². The van der Waals surface area contributed by atoms with Crippen LogP contribution in [0.1, 0.15) is 49.2 Å². The molecule has 4 rings (SSSR count). The van der Waals surface area contributed by atoms with Crippen molar-refractivity contribution < 1.29 is 23.8 Å². The molecule has 4 N–H and O–H groups in total. The number of aliphatic hydroxyl groups is 1. The summed E-state index contributed by atoms with van der Waals surface area (Å²) >= 11 is 5.89. The first kappa shape index (κ1) is 27.0. The second-order valence-corrected chi connectivity index (χ2v) is 10.6. The van der Waals surface area contributed by atoms with E-state index in [-0.39, 0.29) is 41.4 Å². The molecular formula is C26H30ClF2N5O3. The van der Waals surface area contributed by atoms with Crippen LogP contribution in [0, 0.1) is 24.0 Å². The van der Waals surface area contributed by atoms with Gasteiger partial charge in [-0.05, 0) is 58.8 Å². The zero-order chi connectivity index (χ0) is 27.0. The molecule has 0 saturated carbocycles. The van der Waals surface area contributed by atoms with Crippen molar-refractivity contribution in [2.24, 2.45) is 5.41 Å². The third-order valence-corrected chi connectivity index (χ3v) is 7.14. The Morgan fingerprint density at radius 2 is 1.92 bits per heavy atom. The Morgan fingerprint density at radius 1 is 1.22 bits per heavy atom. The van der Waals surface area contributed by atoms with Gasteiger partial charge in [-0.25, -0.2) is 13.8 Å². The van der Waals surface area contributed by atoms with E-state index in [4.69, 9.17) is 11.6 Å². The Kier molecular flexibility index (Phi) is 7.55. The number of likely N-dealkylation sites (tertiary alicyclic amines) is 1. The molecule has 0 amide bonds. The van der Waals surface area contributed by atoms with Gasteiger partial charge in [-0.2, -0.15) is 5.10 Å². The molecule has 1 aliphatic heterocycles. The van der Waals surface area contributed by atoms with E-state index in [1.165, 1.54) is 26.0 Å². The highest BCUT2D eigenvalue weighted by atomic mass is 35.5. The number of pyridine rings is 1. The van der Waals surface area contributed by atoms with Gasteiger partial charge in [-0.1, -0.05) is 23.7 Å². The van der Waals surface area contributed by atoms with Crippen LogP contribution in [0.3, 0.4) is 0 Å². The van der Waals surface area contributed by atoms with Crippen molar-refractivity contribution in [1.29, 1.82) is 0 Å². The van der Waals surface area contributed by atoms with Crippen molar-refractivity contribution in [3.8, 4) is 0 Å². The number of aryl methyl sites for hydroxylation is 1. The highest BCUT2D eigenvalue weighted by Gasteiger charge is 2.43. The Balaban J connectivity index is 1.59. The van der Waals surface area contributed by atoms with E-state index in [1.807, 2.05) is 11.8 Å². The SMILES string of the molecule is Cc1cc(Nc2cc(C(C)(C)O)c(F)c(CC3(C(=O)O)CCN(Cc4cccc(Cl)c4F)CC3)n2)n[nH]1. The largest absolute Gasteiger partial charge is 0.481 e. The molecule has 3 heterocycles. The van der Waals surface area contributed by atoms with Gasteiger partial charge in [0.25, 0.3) is 0 Å². The molecule has 0 bridgehead atoms. The van der Waals surface area contributed by atoms with Crippen LogP contribution in [0.2, 0.25) is 5.02 Å². The summed E-state index contributed by atoms with van der Waals surface area (Å²) in [6.45, 7) is 5.79. The van der Waals surface area contributed by atoms with Crippen LogP contribution in [0.25, 0.3) is 0 Å². The molecule has 37 heavy (non-hydrogen) atoms. The molecule has 8 nitrogen and oxygen atoms in total. The van der Waals surface area contributed by atoms with E-state index in [0.29, 0.717) is 31.0 Å². The first-order valence-corrected chi connectivity index (χ1v) is 12.4. The number of hydrogen-bond acceptors (Lipinski definition) is 6. The van der Waals surface area contributed by atoms with Gasteiger partial charge in [0.15, 0.2) is 11.6 Å². The fourth-order valence-corrected chi connectivity index (χ4v) is 4.85. The number of benzene rings is 1. The van der Waals surface area contributed by atoms with Gasteiger partial charge < -0.3 is 15.5 Å². The van der Waals surface area contributed by atoms with Crippen molar-refractivity contribution in [3.63, 3.8) is 0 Å². The van der Waals surface area contributed by atoms with E-state index >= 15 is 4.39 Å². The topological polar surface area (TPSA) is 114 Å². The monoisotopic (exact) mass is 533 g/mol. The highest BCUT2D eigenvalue weighted by molar-refractivity contribution is 6.30. The zero-order valence-electron chi connectivity index (χ0n) is 20.9. The van der Waals surface area contributed by atoms with E-state index in [0.717, 1.165) is 5.69 Å². The van der Waals surface area contributed by atoms with Crippen molar-refractivity contribution in [1.82, 2.24) is 20.1 Å². The summed E-state index contributed by atoms with van der Waals surface area (Å²) in [6, 6.07) is 7.94. The molecular weight excluding hydrogens is 504 g/mol. The maximum Gasteiger partial charge on any atom is 0.310 e. The van der Waals surface area contributed by atoms with E-state index < -0.39 is 28.6 Å². The molecule has 0 radical (unpaired) electrons. The first-order chi connectivity index (χ1) is 17.4. The van der Waals surface area contributed by atoms with Gasteiger partial charge in [0.05, 0.1) is 21.7 Å². The van der Waals surface area contributed by atoms with Crippen molar-refractivity contribution in [3.05, 3.63) is 69.5 Å². The number of anilines is 2. The Bertz CT molecular complexity index is 1300. The Labute approximate surface area is 218 Å². The molecule has 11 heteroatoms. The second-order valence-electron chi connectivity index (χ2n) is 10.2. The van der Waals surface area contributed by atoms with Crippen molar-refractivity contribution in [2.45, 2.75) is 52.2 Å². The predicted octanol–water partition coefficient (Wildman–Crippen LogP) is 4.93. The number of nitrogens with one attached hydrogen (secondary N) is 2. The van der Waals surface area contributed by atoms with Crippen LogP contribution in [0.5, 0.6) is 0 Å². The quantitative estimate of drug-likeness (QED) is 0.325. The molecule has 3 aromatic rings. The number of carboxylic acids is 1. The molecule has 1 aromatic carbocycles. The van der Waals surface area contributed by atoms with Crippen molar-refractivity contribution >= 4 is 29.2 Å². The summed E-state index contributed by atoms with van der Waals surface area (Å²) < 4.78 is 30.0. The molecule has 0 atom stereocenters. The molecule has 2 aromatic heterocycles. The highest BCUT2D eigenvalue weighted by Crippen LogP contribution is 2.38. The van der Waals surface area contributed by atoms with Crippen LogP contribution in [-0.4, -0.2) is 49.4 Å². The third kappa shape index (κ3) is 5.92. The summed E-state index contributed by atoms with van der Waals surface area (Å²) in [5.41, 5.74) is -1.60. The first-order valence-electron chi connectivity index (χ1n) is 12.0. The normalized spacial score (nSPS) is 16.1. The number of rotatable bonds is 8. The minimum absolute atomic E-state index is 0.00154. The van der Waals surface area contributed by atoms with E-state index in [9.17, 15) is 19.4 Å². The van der Waals surface area contributed by atoms with Gasteiger partial charge >= 0.3 is 5.97 Å². The van der Waals surface area contributed by atoms with Crippen LogP contribution in [0.4, 0.5) is 20.4 Å².